The first kappa shape index (κ1) is 17.6. The number of nitrogens with zero attached hydrogens (tertiary/aromatic N) is 2. The quantitative estimate of drug-likeness (QED) is 0.637. The maximum atomic E-state index is 6.44. The number of hydrogen-bond acceptors (Lipinski definition) is 5. The first-order valence-electron chi connectivity index (χ1n) is 9.67. The molecule has 0 spiro atoms. The fraction of sp³-hybridized carbons (Fsp3) is 0.208. The second-order valence-electron chi connectivity index (χ2n) is 7.13. The highest BCUT2D eigenvalue weighted by Gasteiger charge is 2.41. The predicted molar refractivity (Wildman–Crippen MR) is 112 cm³/mol. The molecule has 0 saturated heterocycles. The minimum atomic E-state index is -0.402. The van der Waals surface area contributed by atoms with Crippen molar-refractivity contribution in [3.8, 4) is 17.2 Å². The molecule has 0 amide bonds. The lowest BCUT2D eigenvalue weighted by molar-refractivity contribution is -0.0204. The van der Waals surface area contributed by atoms with Gasteiger partial charge in [-0.2, -0.15) is 5.10 Å². The maximum absolute atomic E-state index is 6.44. The number of benzene rings is 3. The third kappa shape index (κ3) is 2.99. The van der Waals surface area contributed by atoms with E-state index in [1.165, 1.54) is 0 Å². The highest BCUT2D eigenvalue weighted by Crippen LogP contribution is 2.49. The van der Waals surface area contributed by atoms with E-state index in [0.29, 0.717) is 0 Å². The lowest BCUT2D eigenvalue weighted by Gasteiger charge is -2.38. The number of rotatable bonds is 4. The topological polar surface area (TPSA) is 43.3 Å². The third-order valence-corrected chi connectivity index (χ3v) is 5.51. The zero-order chi connectivity index (χ0) is 19.8. The van der Waals surface area contributed by atoms with Crippen LogP contribution in [-0.2, 0) is 0 Å². The van der Waals surface area contributed by atoms with Gasteiger partial charge < -0.3 is 14.2 Å². The summed E-state index contributed by atoms with van der Waals surface area (Å²) in [4.78, 5) is 0. The van der Waals surface area contributed by atoms with Gasteiger partial charge in [-0.25, -0.2) is 5.01 Å². The van der Waals surface area contributed by atoms with Gasteiger partial charge in [0.05, 0.1) is 31.5 Å². The molecule has 2 aliphatic heterocycles. The summed E-state index contributed by atoms with van der Waals surface area (Å²) in [5.74, 6) is 2.39. The van der Waals surface area contributed by atoms with Gasteiger partial charge in [-0.3, -0.25) is 0 Å². The van der Waals surface area contributed by atoms with Crippen LogP contribution >= 0.6 is 0 Å². The van der Waals surface area contributed by atoms with E-state index in [4.69, 9.17) is 19.3 Å². The molecule has 3 aromatic carbocycles. The SMILES string of the molecule is COc1ccc(OC)c(C2Oc3ccccc3C3CC(c4ccccc4)=NN32)c1. The van der Waals surface area contributed by atoms with Crippen molar-refractivity contribution < 1.29 is 14.2 Å². The largest absolute Gasteiger partial charge is 0.497 e. The second kappa shape index (κ2) is 7.17. The summed E-state index contributed by atoms with van der Waals surface area (Å²) < 4.78 is 17.5. The molecule has 2 unspecified atom stereocenters. The van der Waals surface area contributed by atoms with E-state index < -0.39 is 6.23 Å². The fourth-order valence-corrected chi connectivity index (χ4v) is 4.08. The standard InChI is InChI=1S/C24H22N2O3/c1-27-17-12-13-22(28-2)19(14-17)24-26-21(18-10-6-7-11-23(18)29-24)15-20(25-26)16-8-4-3-5-9-16/h3-14,21,24H,15H2,1-2H3. The van der Waals surface area contributed by atoms with Crippen molar-refractivity contribution in [3.63, 3.8) is 0 Å². The highest BCUT2D eigenvalue weighted by atomic mass is 16.5. The minimum Gasteiger partial charge on any atom is -0.497 e. The Morgan fingerprint density at radius 3 is 2.48 bits per heavy atom. The van der Waals surface area contributed by atoms with Crippen molar-refractivity contribution in [2.45, 2.75) is 18.7 Å². The Balaban J connectivity index is 1.63. The van der Waals surface area contributed by atoms with E-state index in [9.17, 15) is 0 Å². The molecule has 2 heterocycles. The van der Waals surface area contributed by atoms with Crippen molar-refractivity contribution in [2.75, 3.05) is 14.2 Å². The number of hydrazone groups is 1. The first-order valence-corrected chi connectivity index (χ1v) is 9.67. The van der Waals surface area contributed by atoms with Crippen LogP contribution in [0, 0.1) is 0 Å². The number of methoxy groups -OCH3 is 2. The van der Waals surface area contributed by atoms with Gasteiger partial charge >= 0.3 is 0 Å². The van der Waals surface area contributed by atoms with Crippen LogP contribution in [-0.4, -0.2) is 24.9 Å². The summed E-state index contributed by atoms with van der Waals surface area (Å²) in [5.41, 5.74) is 4.24. The van der Waals surface area contributed by atoms with Gasteiger partial charge in [0.25, 0.3) is 0 Å². The molecule has 5 nitrogen and oxygen atoms in total. The number of hydrogen-bond donors (Lipinski definition) is 0. The molecule has 0 N–H and O–H groups in total. The molecule has 29 heavy (non-hydrogen) atoms. The molecule has 0 fully saturated rings. The lowest BCUT2D eigenvalue weighted by Crippen LogP contribution is -2.33. The van der Waals surface area contributed by atoms with Crippen LogP contribution in [0.4, 0.5) is 0 Å². The molecule has 3 aromatic rings. The minimum absolute atomic E-state index is 0.107. The van der Waals surface area contributed by atoms with Gasteiger partial charge in [0, 0.05) is 12.0 Å². The molecule has 0 bridgehead atoms. The summed E-state index contributed by atoms with van der Waals surface area (Å²) in [6.07, 6.45) is 0.425. The Hall–Kier alpha value is -3.47. The Morgan fingerprint density at radius 1 is 0.897 bits per heavy atom. The fourth-order valence-electron chi connectivity index (χ4n) is 4.08. The van der Waals surface area contributed by atoms with Crippen LogP contribution in [0.2, 0.25) is 0 Å². The molecule has 0 saturated carbocycles. The summed E-state index contributed by atoms with van der Waals surface area (Å²) in [7, 11) is 3.33. The van der Waals surface area contributed by atoms with Crippen molar-refractivity contribution in [1.29, 1.82) is 0 Å². The van der Waals surface area contributed by atoms with Gasteiger partial charge in [-0.1, -0.05) is 48.5 Å². The maximum Gasteiger partial charge on any atom is 0.217 e. The van der Waals surface area contributed by atoms with Crippen molar-refractivity contribution >= 4 is 5.71 Å². The van der Waals surface area contributed by atoms with E-state index in [-0.39, 0.29) is 6.04 Å². The summed E-state index contributed by atoms with van der Waals surface area (Å²) in [6.45, 7) is 0. The molecular formula is C24H22N2O3. The number of ether oxygens (including phenoxy) is 3. The van der Waals surface area contributed by atoms with Crippen molar-refractivity contribution in [3.05, 3.63) is 89.5 Å². The third-order valence-electron chi connectivity index (χ3n) is 5.51. The van der Waals surface area contributed by atoms with Crippen molar-refractivity contribution in [1.82, 2.24) is 5.01 Å². The Kier molecular flexibility index (Phi) is 4.35. The molecule has 0 radical (unpaired) electrons. The van der Waals surface area contributed by atoms with E-state index in [2.05, 4.69) is 23.2 Å². The van der Waals surface area contributed by atoms with Crippen LogP contribution in [0.1, 0.15) is 35.4 Å². The molecule has 146 valence electrons. The zero-order valence-corrected chi connectivity index (χ0v) is 16.4. The van der Waals surface area contributed by atoms with Gasteiger partial charge in [0.2, 0.25) is 6.23 Å². The van der Waals surface area contributed by atoms with E-state index >= 15 is 0 Å². The number of para-hydroxylation sites is 1. The molecule has 5 heteroatoms. The predicted octanol–water partition coefficient (Wildman–Crippen LogP) is 4.95. The van der Waals surface area contributed by atoms with Gasteiger partial charge in [0.1, 0.15) is 17.2 Å². The zero-order valence-electron chi connectivity index (χ0n) is 16.4. The van der Waals surface area contributed by atoms with Crippen molar-refractivity contribution in [2.24, 2.45) is 5.10 Å². The van der Waals surface area contributed by atoms with E-state index in [1.54, 1.807) is 14.2 Å². The molecule has 0 aliphatic carbocycles. The van der Waals surface area contributed by atoms with Crippen LogP contribution in [0.5, 0.6) is 17.2 Å². The number of fused-ring (bicyclic) bond motifs is 3. The normalized spacial score (nSPS) is 19.7. The molecule has 0 aromatic heterocycles. The second-order valence-corrected chi connectivity index (χ2v) is 7.13. The van der Waals surface area contributed by atoms with E-state index in [1.807, 2.05) is 54.6 Å². The average molecular weight is 386 g/mol. The monoisotopic (exact) mass is 386 g/mol. The van der Waals surface area contributed by atoms with Crippen LogP contribution < -0.4 is 14.2 Å². The highest BCUT2D eigenvalue weighted by molar-refractivity contribution is 6.01. The van der Waals surface area contributed by atoms with Crippen LogP contribution in [0.25, 0.3) is 0 Å². The smallest absolute Gasteiger partial charge is 0.217 e. The molecule has 2 aliphatic rings. The molecule has 2 atom stereocenters. The van der Waals surface area contributed by atoms with Gasteiger partial charge in [0.15, 0.2) is 0 Å². The molecule has 5 rings (SSSR count). The van der Waals surface area contributed by atoms with Gasteiger partial charge in [-0.15, -0.1) is 0 Å². The van der Waals surface area contributed by atoms with Gasteiger partial charge in [-0.05, 0) is 29.8 Å². The summed E-state index contributed by atoms with van der Waals surface area (Å²) in [5, 5.41) is 7.05. The average Bonchev–Trinajstić information content (AvgIpc) is 3.24. The molecular weight excluding hydrogens is 364 g/mol. The van der Waals surface area contributed by atoms with Crippen LogP contribution in [0.3, 0.4) is 0 Å². The Bertz CT molecular complexity index is 1060. The first-order chi connectivity index (χ1) is 14.3. The van der Waals surface area contributed by atoms with Crippen LogP contribution in [0.15, 0.2) is 77.9 Å². The summed E-state index contributed by atoms with van der Waals surface area (Å²) >= 11 is 0. The Morgan fingerprint density at radius 2 is 1.69 bits per heavy atom. The lowest BCUT2D eigenvalue weighted by atomic mass is 9.96. The Labute approximate surface area is 170 Å². The van der Waals surface area contributed by atoms with E-state index in [0.717, 1.165) is 46.1 Å². The summed E-state index contributed by atoms with van der Waals surface area (Å²) in [6, 6.07) is 24.4.